The Kier molecular flexibility index (Phi) is 5.64. The molecule has 0 unspecified atom stereocenters. The normalized spacial score (nSPS) is 10.8. The number of carbonyl (C=O) groups excluding carboxylic acids is 1. The molecule has 64 valence electrons. The lowest BCUT2D eigenvalue weighted by Gasteiger charge is -2.12. The fraction of sp³-hybridized carbons (Fsp3) is 0.500. The minimum absolute atomic E-state index is 0.296. The van der Waals surface area contributed by atoms with Crippen LogP contribution in [0.4, 0.5) is 0 Å². The molecule has 0 spiro atoms. The molecule has 0 aromatic rings. The summed E-state index contributed by atoms with van der Waals surface area (Å²) in [6, 6.07) is 0. The monoisotopic (exact) mass is 348 g/mol. The van der Waals surface area contributed by atoms with Crippen LogP contribution in [-0.2, 0) is 9.53 Å². The summed E-state index contributed by atoms with van der Waals surface area (Å²) in [6.07, 6.45) is 2.63. The number of esters is 1. The molecule has 0 aliphatic carbocycles. The number of hydrogen-bond donors (Lipinski definition) is 0. The van der Waals surface area contributed by atoms with Gasteiger partial charge in [-0.15, -0.1) is 6.58 Å². The lowest BCUT2D eigenvalue weighted by Crippen LogP contribution is -2.13. The van der Waals surface area contributed by atoms with Gasteiger partial charge >= 0.3 is 5.97 Å². The Bertz CT molecular complexity index is 150. The lowest BCUT2D eigenvalue weighted by molar-refractivity contribution is -0.142. The number of hydrogen-bond acceptors (Lipinski definition) is 2. The zero-order chi connectivity index (χ0) is 8.91. The molecule has 0 amide bonds. The van der Waals surface area contributed by atoms with Crippen LogP contribution in [0.1, 0.15) is 12.8 Å². The molecule has 0 atom stereocenters. The van der Waals surface area contributed by atoms with E-state index in [0.29, 0.717) is 12.8 Å². The average molecular weight is 351 g/mol. The molecule has 0 fully saturated rings. The Labute approximate surface area is 90.8 Å². The van der Waals surface area contributed by atoms with E-state index < -0.39 is 2.33 Å². The summed E-state index contributed by atoms with van der Waals surface area (Å²) in [5.41, 5.74) is 0. The summed E-state index contributed by atoms with van der Waals surface area (Å²) in [7, 11) is 0. The quantitative estimate of drug-likeness (QED) is 0.443. The molecule has 0 saturated carbocycles. The van der Waals surface area contributed by atoms with Crippen molar-refractivity contribution < 1.29 is 9.53 Å². The van der Waals surface area contributed by atoms with Gasteiger partial charge in [-0.05, 0) is 54.2 Å². The van der Waals surface area contributed by atoms with E-state index in [1.165, 1.54) is 0 Å². The first-order valence-electron chi connectivity index (χ1n) is 2.85. The summed E-state index contributed by atoms with van der Waals surface area (Å²) in [5, 5.41) is 0. The zero-order valence-corrected chi connectivity index (χ0v) is 10.4. The SMILES string of the molecule is C=CCCC(=O)OC(Br)(Br)Br. The van der Waals surface area contributed by atoms with Crippen LogP contribution in [0.25, 0.3) is 0 Å². The molecule has 0 rings (SSSR count). The topological polar surface area (TPSA) is 26.3 Å². The third-order valence-electron chi connectivity index (χ3n) is 0.782. The van der Waals surface area contributed by atoms with E-state index in [-0.39, 0.29) is 5.97 Å². The number of halogens is 3. The number of carbonyl (C=O) groups is 1. The van der Waals surface area contributed by atoms with Crippen molar-refractivity contribution in [1.29, 1.82) is 0 Å². The molecule has 11 heavy (non-hydrogen) atoms. The smallest absolute Gasteiger partial charge is 0.308 e. The molecule has 5 heteroatoms. The van der Waals surface area contributed by atoms with Crippen LogP contribution >= 0.6 is 47.8 Å². The summed E-state index contributed by atoms with van der Waals surface area (Å²) in [4.78, 5) is 10.9. The predicted octanol–water partition coefficient (Wildman–Crippen LogP) is 3.29. The minimum atomic E-state index is -0.925. The molecule has 0 radical (unpaired) electrons. The Morgan fingerprint density at radius 1 is 1.55 bits per heavy atom. The average Bonchev–Trinajstić information content (AvgIpc) is 1.79. The zero-order valence-electron chi connectivity index (χ0n) is 5.65. The van der Waals surface area contributed by atoms with Crippen molar-refractivity contribution in [2.45, 2.75) is 15.2 Å². The van der Waals surface area contributed by atoms with Crippen molar-refractivity contribution in [3.8, 4) is 0 Å². The van der Waals surface area contributed by atoms with Gasteiger partial charge in [-0.1, -0.05) is 6.08 Å². The van der Waals surface area contributed by atoms with E-state index >= 15 is 0 Å². The number of allylic oxidation sites excluding steroid dienone is 1. The summed E-state index contributed by atoms with van der Waals surface area (Å²) in [5.74, 6) is -0.296. The summed E-state index contributed by atoms with van der Waals surface area (Å²) in [6.45, 7) is 3.49. The first-order chi connectivity index (χ1) is 4.95. The molecule has 2 nitrogen and oxygen atoms in total. The van der Waals surface area contributed by atoms with Crippen molar-refractivity contribution in [1.82, 2.24) is 0 Å². The minimum Gasteiger partial charge on any atom is -0.427 e. The highest BCUT2D eigenvalue weighted by molar-refractivity contribution is 9.39. The van der Waals surface area contributed by atoms with Gasteiger partial charge in [-0.3, -0.25) is 4.79 Å². The Hall–Kier alpha value is 0.650. The van der Waals surface area contributed by atoms with Crippen molar-refractivity contribution in [3.05, 3.63) is 12.7 Å². The predicted molar refractivity (Wildman–Crippen MR) is 55.0 cm³/mol. The van der Waals surface area contributed by atoms with Gasteiger partial charge in [0.2, 0.25) is 0 Å². The van der Waals surface area contributed by atoms with Crippen LogP contribution < -0.4 is 0 Å². The van der Waals surface area contributed by atoms with Crippen LogP contribution in [0.2, 0.25) is 0 Å². The van der Waals surface area contributed by atoms with Gasteiger partial charge < -0.3 is 4.74 Å². The highest BCUT2D eigenvalue weighted by Gasteiger charge is 2.22. The van der Waals surface area contributed by atoms with Crippen LogP contribution in [0.3, 0.4) is 0 Å². The summed E-state index contributed by atoms with van der Waals surface area (Å²) >= 11 is 9.11. The van der Waals surface area contributed by atoms with Gasteiger partial charge in [0.1, 0.15) is 0 Å². The van der Waals surface area contributed by atoms with Gasteiger partial charge in [0, 0.05) is 6.42 Å². The number of rotatable bonds is 3. The van der Waals surface area contributed by atoms with E-state index in [4.69, 9.17) is 4.74 Å². The number of alkyl halides is 3. The van der Waals surface area contributed by atoms with Gasteiger partial charge in [-0.25, -0.2) is 0 Å². The molecule has 0 aliphatic heterocycles. The van der Waals surface area contributed by atoms with Gasteiger partial charge in [0.05, 0.1) is 0 Å². The molecule has 0 aromatic heterocycles. The van der Waals surface area contributed by atoms with Crippen LogP contribution in [0.5, 0.6) is 0 Å². The van der Waals surface area contributed by atoms with Gasteiger partial charge in [0.25, 0.3) is 2.33 Å². The lowest BCUT2D eigenvalue weighted by atomic mass is 10.3. The maximum Gasteiger partial charge on any atom is 0.308 e. The Morgan fingerprint density at radius 2 is 2.09 bits per heavy atom. The fourth-order valence-electron chi connectivity index (χ4n) is 0.400. The van der Waals surface area contributed by atoms with Crippen LogP contribution in [0, 0.1) is 0 Å². The van der Waals surface area contributed by atoms with Crippen molar-refractivity contribution >= 4 is 53.8 Å². The first-order valence-corrected chi connectivity index (χ1v) is 5.23. The largest absolute Gasteiger partial charge is 0.427 e. The fourth-order valence-corrected chi connectivity index (χ4v) is 0.942. The molecule has 0 N–H and O–H groups in total. The third-order valence-corrected chi connectivity index (χ3v) is 1.27. The maximum atomic E-state index is 10.9. The van der Waals surface area contributed by atoms with E-state index in [1.54, 1.807) is 6.08 Å². The molecule has 0 bridgehead atoms. The van der Waals surface area contributed by atoms with Gasteiger partial charge in [0.15, 0.2) is 0 Å². The van der Waals surface area contributed by atoms with E-state index in [2.05, 4.69) is 54.4 Å². The molecule has 0 aromatic carbocycles. The standard InChI is InChI=1S/C6H7Br3O2/c1-2-3-4-5(10)11-6(7,8)9/h2H,1,3-4H2. The Balaban J connectivity index is 3.61. The highest BCUT2D eigenvalue weighted by atomic mass is 80.0. The van der Waals surface area contributed by atoms with Crippen LogP contribution in [-0.4, -0.2) is 8.30 Å². The third kappa shape index (κ3) is 8.56. The molecule has 0 aliphatic rings. The van der Waals surface area contributed by atoms with Crippen molar-refractivity contribution in [3.63, 3.8) is 0 Å². The Morgan fingerprint density at radius 3 is 2.45 bits per heavy atom. The van der Waals surface area contributed by atoms with Crippen molar-refractivity contribution in [2.75, 3.05) is 0 Å². The maximum absolute atomic E-state index is 10.9. The van der Waals surface area contributed by atoms with Crippen molar-refractivity contribution in [2.24, 2.45) is 0 Å². The molecular formula is C6H7Br3O2. The van der Waals surface area contributed by atoms with Crippen LogP contribution in [0.15, 0.2) is 12.7 Å². The van der Waals surface area contributed by atoms with Gasteiger partial charge in [-0.2, -0.15) is 0 Å². The second-order valence-corrected chi connectivity index (χ2v) is 8.29. The second-order valence-electron chi connectivity index (χ2n) is 1.75. The van der Waals surface area contributed by atoms with E-state index in [9.17, 15) is 4.79 Å². The second kappa shape index (κ2) is 5.32. The summed E-state index contributed by atoms with van der Waals surface area (Å²) < 4.78 is 3.88. The van der Waals surface area contributed by atoms with E-state index in [0.717, 1.165) is 0 Å². The number of ether oxygens (including phenoxy) is 1. The first kappa shape index (κ1) is 11.6. The van der Waals surface area contributed by atoms with E-state index in [1.807, 2.05) is 0 Å². The highest BCUT2D eigenvalue weighted by Crippen LogP contribution is 2.34. The molecule has 0 saturated heterocycles. The molecular weight excluding hydrogens is 344 g/mol. The molecule has 0 heterocycles.